The minimum atomic E-state index is -0.201. The molecule has 2 aromatic carbocycles. The number of halogens is 1. The van der Waals surface area contributed by atoms with Crippen LogP contribution in [-0.4, -0.2) is 6.54 Å². The van der Waals surface area contributed by atoms with Gasteiger partial charge in [0.15, 0.2) is 0 Å². The van der Waals surface area contributed by atoms with E-state index in [1.54, 1.807) is 12.1 Å². The van der Waals surface area contributed by atoms with Crippen molar-refractivity contribution in [2.24, 2.45) is 0 Å². The van der Waals surface area contributed by atoms with Gasteiger partial charge >= 0.3 is 0 Å². The zero-order valence-corrected chi connectivity index (χ0v) is 11.1. The molecule has 0 saturated carbocycles. The van der Waals surface area contributed by atoms with Crippen molar-refractivity contribution in [2.45, 2.75) is 13.0 Å². The van der Waals surface area contributed by atoms with Gasteiger partial charge in [0.25, 0.3) is 0 Å². The molecular weight excluding hydrogens is 237 g/mol. The third-order valence-electron chi connectivity index (χ3n) is 3.15. The summed E-state index contributed by atoms with van der Waals surface area (Å²) in [5.74, 6) is -0.201. The van der Waals surface area contributed by atoms with Crippen LogP contribution < -0.4 is 5.32 Å². The Labute approximate surface area is 113 Å². The molecule has 1 N–H and O–H groups in total. The summed E-state index contributed by atoms with van der Waals surface area (Å²) in [6.45, 7) is 6.77. The average molecular weight is 255 g/mol. The van der Waals surface area contributed by atoms with E-state index in [4.69, 9.17) is 0 Å². The van der Waals surface area contributed by atoms with Gasteiger partial charge in [-0.3, -0.25) is 0 Å². The molecule has 0 aliphatic heterocycles. The second kappa shape index (κ2) is 6.30. The number of benzene rings is 2. The van der Waals surface area contributed by atoms with Gasteiger partial charge in [-0.1, -0.05) is 49.0 Å². The minimum absolute atomic E-state index is 0.0937. The summed E-state index contributed by atoms with van der Waals surface area (Å²) in [6.07, 6.45) is 0. The average Bonchev–Trinajstić information content (AvgIpc) is 2.45. The first-order valence-corrected chi connectivity index (χ1v) is 6.39. The van der Waals surface area contributed by atoms with Crippen LogP contribution in [0.5, 0.6) is 0 Å². The molecule has 1 atom stereocenters. The van der Waals surface area contributed by atoms with Gasteiger partial charge in [-0.2, -0.15) is 0 Å². The largest absolute Gasteiger partial charge is 0.306 e. The monoisotopic (exact) mass is 255 g/mol. The first-order chi connectivity index (χ1) is 9.16. The highest BCUT2D eigenvalue weighted by Gasteiger charge is 2.06. The second-order valence-corrected chi connectivity index (χ2v) is 4.63. The zero-order valence-electron chi connectivity index (χ0n) is 11.1. The summed E-state index contributed by atoms with van der Waals surface area (Å²) in [7, 11) is 0. The van der Waals surface area contributed by atoms with Crippen molar-refractivity contribution < 1.29 is 4.39 Å². The van der Waals surface area contributed by atoms with Crippen molar-refractivity contribution in [2.75, 3.05) is 6.54 Å². The summed E-state index contributed by atoms with van der Waals surface area (Å²) in [4.78, 5) is 0. The van der Waals surface area contributed by atoms with E-state index in [-0.39, 0.29) is 11.9 Å². The molecule has 0 saturated heterocycles. The lowest BCUT2D eigenvalue weighted by Gasteiger charge is -2.15. The molecule has 0 aliphatic rings. The zero-order chi connectivity index (χ0) is 13.7. The first-order valence-electron chi connectivity index (χ1n) is 6.39. The van der Waals surface area contributed by atoms with Crippen LogP contribution in [0.3, 0.4) is 0 Å². The molecule has 2 heteroatoms. The van der Waals surface area contributed by atoms with Gasteiger partial charge in [0.2, 0.25) is 0 Å². The SMILES string of the molecule is C=C(CN[C@@H](C)c1cccc(F)c1)c1ccccc1. The maximum atomic E-state index is 13.1. The minimum Gasteiger partial charge on any atom is -0.306 e. The predicted octanol–water partition coefficient (Wildman–Crippen LogP) is 4.19. The summed E-state index contributed by atoms with van der Waals surface area (Å²) in [6, 6.07) is 16.8. The lowest BCUT2D eigenvalue weighted by Crippen LogP contribution is -2.20. The van der Waals surface area contributed by atoms with Crippen LogP contribution in [0.1, 0.15) is 24.1 Å². The third-order valence-corrected chi connectivity index (χ3v) is 3.15. The number of hydrogen-bond acceptors (Lipinski definition) is 1. The highest BCUT2D eigenvalue weighted by atomic mass is 19.1. The van der Waals surface area contributed by atoms with Gasteiger partial charge in [-0.25, -0.2) is 4.39 Å². The molecule has 2 rings (SSSR count). The Morgan fingerprint density at radius 2 is 1.89 bits per heavy atom. The first kappa shape index (κ1) is 13.5. The van der Waals surface area contributed by atoms with Crippen LogP contribution in [-0.2, 0) is 0 Å². The normalized spacial score (nSPS) is 12.1. The topological polar surface area (TPSA) is 12.0 Å². The predicted molar refractivity (Wildman–Crippen MR) is 78.3 cm³/mol. The van der Waals surface area contributed by atoms with Gasteiger partial charge in [0.1, 0.15) is 5.82 Å². The quantitative estimate of drug-likeness (QED) is 0.844. The molecule has 0 unspecified atom stereocenters. The smallest absolute Gasteiger partial charge is 0.123 e. The number of hydrogen-bond donors (Lipinski definition) is 1. The summed E-state index contributed by atoms with van der Waals surface area (Å²) in [5, 5.41) is 3.36. The van der Waals surface area contributed by atoms with E-state index < -0.39 is 0 Å². The number of rotatable bonds is 5. The lowest BCUT2D eigenvalue weighted by molar-refractivity contribution is 0.597. The summed E-state index contributed by atoms with van der Waals surface area (Å²) in [5.41, 5.74) is 3.10. The Hall–Kier alpha value is -1.93. The highest BCUT2D eigenvalue weighted by molar-refractivity contribution is 5.64. The van der Waals surface area contributed by atoms with E-state index in [1.807, 2.05) is 43.3 Å². The van der Waals surface area contributed by atoms with Gasteiger partial charge in [-0.15, -0.1) is 0 Å². The van der Waals surface area contributed by atoms with Crippen molar-refractivity contribution in [3.63, 3.8) is 0 Å². The molecule has 2 aromatic rings. The van der Waals surface area contributed by atoms with Crippen LogP contribution in [0.2, 0.25) is 0 Å². The van der Waals surface area contributed by atoms with Gasteiger partial charge in [0, 0.05) is 12.6 Å². The maximum absolute atomic E-state index is 13.1. The molecule has 1 nitrogen and oxygen atoms in total. The van der Waals surface area contributed by atoms with E-state index in [9.17, 15) is 4.39 Å². The molecule has 98 valence electrons. The standard InChI is InChI=1S/C17H18FN/c1-13(15-7-4-3-5-8-15)12-19-14(2)16-9-6-10-17(18)11-16/h3-11,14,19H,1,12H2,2H3/t14-/m0/s1. The van der Waals surface area contributed by atoms with Crippen molar-refractivity contribution in [3.05, 3.63) is 78.1 Å². The maximum Gasteiger partial charge on any atom is 0.123 e. The Morgan fingerprint density at radius 1 is 1.16 bits per heavy atom. The Bertz CT molecular complexity index is 548. The van der Waals surface area contributed by atoms with Crippen molar-refractivity contribution in [1.82, 2.24) is 5.32 Å². The summed E-state index contributed by atoms with van der Waals surface area (Å²) >= 11 is 0. The van der Waals surface area contributed by atoms with Crippen LogP contribution in [0.4, 0.5) is 4.39 Å². The van der Waals surface area contributed by atoms with Crippen molar-refractivity contribution in [3.8, 4) is 0 Å². The number of nitrogens with one attached hydrogen (secondary N) is 1. The Morgan fingerprint density at radius 3 is 2.58 bits per heavy atom. The Kier molecular flexibility index (Phi) is 4.48. The van der Waals surface area contributed by atoms with E-state index >= 15 is 0 Å². The summed E-state index contributed by atoms with van der Waals surface area (Å²) < 4.78 is 13.1. The van der Waals surface area contributed by atoms with E-state index in [0.29, 0.717) is 6.54 Å². The fourth-order valence-corrected chi connectivity index (χ4v) is 1.95. The van der Waals surface area contributed by atoms with E-state index in [0.717, 1.165) is 16.7 Å². The molecule has 0 bridgehead atoms. The molecule has 0 amide bonds. The fraction of sp³-hybridized carbons (Fsp3) is 0.176. The van der Waals surface area contributed by atoms with E-state index in [2.05, 4.69) is 11.9 Å². The van der Waals surface area contributed by atoms with Gasteiger partial charge in [-0.05, 0) is 35.8 Å². The molecule has 0 radical (unpaired) electrons. The van der Waals surface area contributed by atoms with Crippen LogP contribution in [0.25, 0.3) is 5.57 Å². The van der Waals surface area contributed by atoms with Crippen LogP contribution in [0.15, 0.2) is 61.2 Å². The van der Waals surface area contributed by atoms with Gasteiger partial charge in [0.05, 0.1) is 0 Å². The second-order valence-electron chi connectivity index (χ2n) is 4.63. The van der Waals surface area contributed by atoms with Crippen LogP contribution in [0, 0.1) is 5.82 Å². The third kappa shape index (κ3) is 3.76. The lowest BCUT2D eigenvalue weighted by atomic mass is 10.1. The molecule has 0 spiro atoms. The van der Waals surface area contributed by atoms with Gasteiger partial charge < -0.3 is 5.32 Å². The molecular formula is C17H18FN. The van der Waals surface area contributed by atoms with E-state index in [1.165, 1.54) is 6.07 Å². The molecule has 19 heavy (non-hydrogen) atoms. The fourth-order valence-electron chi connectivity index (χ4n) is 1.95. The van der Waals surface area contributed by atoms with Crippen molar-refractivity contribution in [1.29, 1.82) is 0 Å². The molecule has 0 aromatic heterocycles. The molecule has 0 fully saturated rings. The van der Waals surface area contributed by atoms with Crippen LogP contribution >= 0.6 is 0 Å². The van der Waals surface area contributed by atoms with Crippen molar-refractivity contribution >= 4 is 5.57 Å². The highest BCUT2D eigenvalue weighted by Crippen LogP contribution is 2.16. The Balaban J connectivity index is 1.94. The molecule has 0 aliphatic carbocycles. The molecule has 0 heterocycles.